The molecule has 0 bridgehead atoms. The summed E-state index contributed by atoms with van der Waals surface area (Å²) in [5, 5.41) is 0. The number of halogens is 1. The van der Waals surface area contributed by atoms with Crippen molar-refractivity contribution in [3.63, 3.8) is 0 Å². The van der Waals surface area contributed by atoms with E-state index < -0.39 is 0 Å². The summed E-state index contributed by atoms with van der Waals surface area (Å²) in [5.41, 5.74) is 7.82. The second-order valence-corrected chi connectivity index (χ2v) is 6.76. The van der Waals surface area contributed by atoms with Gasteiger partial charge in [0.1, 0.15) is 0 Å². The molecule has 2 atom stereocenters. The highest BCUT2D eigenvalue weighted by atomic mass is 79.9. The topological polar surface area (TPSA) is 29.3 Å². The Morgan fingerprint density at radius 2 is 1.95 bits per heavy atom. The van der Waals surface area contributed by atoms with Crippen molar-refractivity contribution in [1.82, 2.24) is 4.90 Å². The zero-order chi connectivity index (χ0) is 14.6. The van der Waals surface area contributed by atoms with Crippen molar-refractivity contribution in [2.24, 2.45) is 5.73 Å². The quantitative estimate of drug-likeness (QED) is 0.842. The molecular formula is C16H27BrN2. The molecule has 0 aromatic heterocycles. The van der Waals surface area contributed by atoms with Gasteiger partial charge in [0.2, 0.25) is 0 Å². The van der Waals surface area contributed by atoms with Crippen LogP contribution in [0.2, 0.25) is 0 Å². The molecule has 108 valence electrons. The van der Waals surface area contributed by atoms with E-state index in [2.05, 4.69) is 79.8 Å². The molecule has 0 aliphatic carbocycles. The molecule has 0 aliphatic heterocycles. The largest absolute Gasteiger partial charge is 0.326 e. The molecule has 3 heteroatoms. The summed E-state index contributed by atoms with van der Waals surface area (Å²) in [4.78, 5) is 2.42. The summed E-state index contributed by atoms with van der Waals surface area (Å²) < 4.78 is 1.11. The number of likely N-dealkylation sites (N-methyl/N-ethyl adjacent to an activating group) is 1. The van der Waals surface area contributed by atoms with Crippen LogP contribution < -0.4 is 5.73 Å². The highest BCUT2D eigenvalue weighted by molar-refractivity contribution is 9.10. The average Bonchev–Trinajstić information content (AvgIpc) is 2.38. The first-order valence-electron chi connectivity index (χ1n) is 7.07. The van der Waals surface area contributed by atoms with E-state index in [1.807, 2.05) is 0 Å². The van der Waals surface area contributed by atoms with E-state index in [0.29, 0.717) is 0 Å². The monoisotopic (exact) mass is 326 g/mol. The fourth-order valence-corrected chi connectivity index (χ4v) is 2.71. The summed E-state index contributed by atoms with van der Waals surface area (Å²) in [6.07, 6.45) is 2.08. The SMILES string of the molecule is CCC(N)C(c1cccc(Br)c1)N(C)C(C)(C)CC. The molecule has 0 aliphatic rings. The molecule has 0 saturated carbocycles. The second kappa shape index (κ2) is 6.87. The fraction of sp³-hybridized carbons (Fsp3) is 0.625. The molecule has 0 spiro atoms. The van der Waals surface area contributed by atoms with Gasteiger partial charge in [0, 0.05) is 16.1 Å². The minimum absolute atomic E-state index is 0.139. The lowest BCUT2D eigenvalue weighted by Gasteiger charge is -2.43. The Morgan fingerprint density at radius 3 is 2.42 bits per heavy atom. The van der Waals surface area contributed by atoms with Crippen LogP contribution in [0.3, 0.4) is 0 Å². The van der Waals surface area contributed by atoms with Crippen LogP contribution in [0, 0.1) is 0 Å². The summed E-state index contributed by atoms with van der Waals surface area (Å²) >= 11 is 3.56. The standard InChI is InChI=1S/C16H27BrN2/c1-6-14(18)15(19(5)16(3,4)7-2)12-9-8-10-13(17)11-12/h8-11,14-15H,6-7,18H2,1-5H3. The van der Waals surface area contributed by atoms with Crippen LogP contribution in [0.15, 0.2) is 28.7 Å². The summed E-state index contributed by atoms with van der Waals surface area (Å²) in [6, 6.07) is 8.89. The van der Waals surface area contributed by atoms with Gasteiger partial charge in [-0.25, -0.2) is 0 Å². The van der Waals surface area contributed by atoms with Gasteiger partial charge in [-0.3, -0.25) is 4.90 Å². The van der Waals surface area contributed by atoms with Gasteiger partial charge in [0.05, 0.1) is 6.04 Å². The number of rotatable bonds is 6. The van der Waals surface area contributed by atoms with Crippen molar-refractivity contribution in [3.8, 4) is 0 Å². The molecule has 0 amide bonds. The number of hydrogen-bond donors (Lipinski definition) is 1. The number of nitrogens with zero attached hydrogens (tertiary/aromatic N) is 1. The Kier molecular flexibility index (Phi) is 6.03. The third kappa shape index (κ3) is 4.04. The maximum absolute atomic E-state index is 6.39. The fourth-order valence-electron chi connectivity index (χ4n) is 2.30. The van der Waals surface area contributed by atoms with E-state index >= 15 is 0 Å². The van der Waals surface area contributed by atoms with Crippen LogP contribution in [-0.4, -0.2) is 23.5 Å². The van der Waals surface area contributed by atoms with Crippen LogP contribution in [0.4, 0.5) is 0 Å². The lowest BCUT2D eigenvalue weighted by molar-refractivity contribution is 0.0806. The van der Waals surface area contributed by atoms with Gasteiger partial charge >= 0.3 is 0 Å². The molecule has 0 heterocycles. The zero-order valence-corrected chi connectivity index (χ0v) is 14.4. The van der Waals surface area contributed by atoms with Crippen molar-refractivity contribution in [2.75, 3.05) is 7.05 Å². The molecule has 19 heavy (non-hydrogen) atoms. The second-order valence-electron chi connectivity index (χ2n) is 5.85. The van der Waals surface area contributed by atoms with E-state index in [0.717, 1.165) is 17.3 Å². The molecule has 2 unspecified atom stereocenters. The predicted molar refractivity (Wildman–Crippen MR) is 87.3 cm³/mol. The van der Waals surface area contributed by atoms with Crippen LogP contribution in [-0.2, 0) is 0 Å². The van der Waals surface area contributed by atoms with Gasteiger partial charge in [-0.05, 0) is 51.4 Å². The molecule has 2 N–H and O–H groups in total. The summed E-state index contributed by atoms with van der Waals surface area (Å²) in [5.74, 6) is 0. The van der Waals surface area contributed by atoms with Gasteiger partial charge in [-0.15, -0.1) is 0 Å². The van der Waals surface area contributed by atoms with Gasteiger partial charge in [-0.1, -0.05) is 41.9 Å². The first-order chi connectivity index (χ1) is 8.83. The van der Waals surface area contributed by atoms with Crippen LogP contribution in [0.25, 0.3) is 0 Å². The third-order valence-corrected chi connectivity index (χ3v) is 4.80. The number of nitrogens with two attached hydrogens (primary N) is 1. The van der Waals surface area contributed by atoms with Crippen molar-refractivity contribution in [2.45, 2.75) is 58.2 Å². The minimum atomic E-state index is 0.139. The Hall–Kier alpha value is -0.380. The summed E-state index contributed by atoms with van der Waals surface area (Å²) in [6.45, 7) is 8.94. The lowest BCUT2D eigenvalue weighted by Crippen LogP contribution is -2.48. The normalized spacial score (nSPS) is 15.6. The molecule has 2 nitrogen and oxygen atoms in total. The minimum Gasteiger partial charge on any atom is -0.326 e. The van der Waals surface area contributed by atoms with Crippen LogP contribution >= 0.6 is 15.9 Å². The Morgan fingerprint density at radius 1 is 1.32 bits per heavy atom. The van der Waals surface area contributed by atoms with E-state index in [1.165, 1.54) is 5.56 Å². The van der Waals surface area contributed by atoms with Crippen LogP contribution in [0.5, 0.6) is 0 Å². The lowest BCUT2D eigenvalue weighted by atomic mass is 9.90. The maximum atomic E-state index is 6.39. The molecule has 1 aromatic rings. The van der Waals surface area contributed by atoms with Crippen molar-refractivity contribution in [1.29, 1.82) is 0 Å². The van der Waals surface area contributed by atoms with Gasteiger partial charge in [0.15, 0.2) is 0 Å². The number of benzene rings is 1. The molecular weight excluding hydrogens is 300 g/mol. The van der Waals surface area contributed by atoms with Gasteiger partial charge in [0.25, 0.3) is 0 Å². The Balaban J connectivity index is 3.15. The van der Waals surface area contributed by atoms with E-state index in [1.54, 1.807) is 0 Å². The predicted octanol–water partition coefficient (Wildman–Crippen LogP) is 4.35. The first kappa shape index (κ1) is 16.7. The van der Waals surface area contributed by atoms with Crippen LogP contribution in [0.1, 0.15) is 52.1 Å². The van der Waals surface area contributed by atoms with Crippen molar-refractivity contribution in [3.05, 3.63) is 34.3 Å². The zero-order valence-electron chi connectivity index (χ0n) is 12.8. The Bertz CT molecular complexity index is 403. The van der Waals surface area contributed by atoms with E-state index in [9.17, 15) is 0 Å². The molecule has 1 aromatic carbocycles. The molecule has 1 rings (SSSR count). The van der Waals surface area contributed by atoms with Crippen molar-refractivity contribution >= 4 is 15.9 Å². The average molecular weight is 327 g/mol. The number of hydrogen-bond acceptors (Lipinski definition) is 2. The van der Waals surface area contributed by atoms with E-state index in [4.69, 9.17) is 5.73 Å². The van der Waals surface area contributed by atoms with Crippen molar-refractivity contribution < 1.29 is 0 Å². The molecule has 0 radical (unpaired) electrons. The van der Waals surface area contributed by atoms with Gasteiger partial charge in [-0.2, -0.15) is 0 Å². The van der Waals surface area contributed by atoms with Gasteiger partial charge < -0.3 is 5.73 Å². The first-order valence-corrected chi connectivity index (χ1v) is 7.86. The smallest absolute Gasteiger partial charge is 0.0501 e. The maximum Gasteiger partial charge on any atom is 0.0501 e. The summed E-state index contributed by atoms with van der Waals surface area (Å²) in [7, 11) is 2.19. The third-order valence-electron chi connectivity index (χ3n) is 4.30. The Labute approximate surface area is 126 Å². The highest BCUT2D eigenvalue weighted by Gasteiger charge is 2.32. The van der Waals surface area contributed by atoms with E-state index in [-0.39, 0.29) is 17.6 Å². The molecule has 0 saturated heterocycles. The molecule has 0 fully saturated rings. The highest BCUT2D eigenvalue weighted by Crippen LogP contribution is 2.32.